The zero-order valence-electron chi connectivity index (χ0n) is 17.7. The molecule has 0 unspecified atom stereocenters. The summed E-state index contributed by atoms with van der Waals surface area (Å²) in [6.45, 7) is 0.997. The Morgan fingerprint density at radius 3 is 2.33 bits per heavy atom. The molecule has 1 heterocycles. The molecule has 0 N–H and O–H groups in total. The highest BCUT2D eigenvalue weighted by Crippen LogP contribution is 2.32. The van der Waals surface area contributed by atoms with Crippen LogP contribution in [0.15, 0.2) is 47.5 Å². The molecule has 0 aliphatic carbocycles. The summed E-state index contributed by atoms with van der Waals surface area (Å²) in [6, 6.07) is 12.9. The predicted molar refractivity (Wildman–Crippen MR) is 125 cm³/mol. The number of benzene rings is 2. The smallest absolute Gasteiger partial charge is 0.182 e. The van der Waals surface area contributed by atoms with Crippen molar-refractivity contribution in [1.82, 2.24) is 0 Å². The monoisotopic (exact) mass is 476 g/mol. The molecule has 3 rings (SSSR count). The van der Waals surface area contributed by atoms with Crippen LogP contribution in [-0.4, -0.2) is 46.0 Å². The molecular weight excluding hydrogens is 448 g/mol. The van der Waals surface area contributed by atoms with E-state index in [0.717, 1.165) is 49.5 Å². The third-order valence-electron chi connectivity index (χ3n) is 5.06. The summed E-state index contributed by atoms with van der Waals surface area (Å²) < 4.78 is 16.0. The number of hydrogen-bond acceptors (Lipinski definition) is 6. The van der Waals surface area contributed by atoms with Crippen molar-refractivity contribution in [2.75, 3.05) is 39.3 Å². The Kier molecular flexibility index (Phi) is 9.17. The van der Waals surface area contributed by atoms with Gasteiger partial charge in [0.15, 0.2) is 17.3 Å². The lowest BCUT2D eigenvalue weighted by Crippen LogP contribution is -2.36. The van der Waals surface area contributed by atoms with Gasteiger partial charge in [-0.3, -0.25) is 9.79 Å². The van der Waals surface area contributed by atoms with Crippen LogP contribution in [0.1, 0.15) is 36.0 Å². The Morgan fingerprint density at radius 1 is 0.933 bits per heavy atom. The van der Waals surface area contributed by atoms with Crippen LogP contribution in [0.4, 0.5) is 5.69 Å². The summed E-state index contributed by atoms with van der Waals surface area (Å²) in [5, 5.41) is 0. The number of carbonyl (C=O) groups excluding carboxylic acids is 1. The van der Waals surface area contributed by atoms with Gasteiger partial charge >= 0.3 is 0 Å². The van der Waals surface area contributed by atoms with Gasteiger partial charge in [0.05, 0.1) is 27.9 Å². The van der Waals surface area contributed by atoms with Gasteiger partial charge < -0.3 is 19.1 Å². The Bertz CT molecular complexity index is 868. The summed E-state index contributed by atoms with van der Waals surface area (Å²) in [7, 11) is 4.83. The fraction of sp³-hybridized carbons (Fsp3) is 0.391. The number of ketones is 1. The van der Waals surface area contributed by atoms with E-state index in [9.17, 15) is 4.79 Å². The largest absolute Gasteiger partial charge is 0.497 e. The minimum absolute atomic E-state index is 0. The number of ether oxygens (including phenoxy) is 3. The van der Waals surface area contributed by atoms with E-state index in [-0.39, 0.29) is 29.3 Å². The van der Waals surface area contributed by atoms with E-state index < -0.39 is 0 Å². The normalized spacial score (nSPS) is 13.4. The van der Waals surface area contributed by atoms with Gasteiger partial charge in [-0.2, -0.15) is 0 Å². The molecule has 6 nitrogen and oxygen atoms in total. The number of methoxy groups -OCH3 is 3. The van der Waals surface area contributed by atoms with Crippen molar-refractivity contribution in [1.29, 1.82) is 0 Å². The number of halogens is 1. The molecule has 0 aromatic heterocycles. The maximum absolute atomic E-state index is 13.0. The van der Waals surface area contributed by atoms with Crippen molar-refractivity contribution in [3.63, 3.8) is 0 Å². The topological polar surface area (TPSA) is 60.4 Å². The Labute approximate surface area is 188 Å². The molecule has 0 amide bonds. The lowest BCUT2D eigenvalue weighted by Gasteiger charge is -2.26. The van der Waals surface area contributed by atoms with Crippen LogP contribution < -0.4 is 19.1 Å². The first-order valence-corrected chi connectivity index (χ1v) is 9.86. The Balaban J connectivity index is 0.00000320. The van der Waals surface area contributed by atoms with Crippen LogP contribution in [0, 0.1) is 0 Å². The van der Waals surface area contributed by atoms with E-state index in [2.05, 4.69) is 0 Å². The minimum atomic E-state index is 0. The maximum atomic E-state index is 13.0. The van der Waals surface area contributed by atoms with Crippen LogP contribution in [0.25, 0.3) is 0 Å². The molecule has 162 valence electrons. The van der Waals surface area contributed by atoms with Crippen molar-refractivity contribution >= 4 is 34.3 Å². The van der Waals surface area contributed by atoms with Crippen molar-refractivity contribution in [3.8, 4) is 17.2 Å². The maximum Gasteiger partial charge on any atom is 0.182 e. The second-order valence-corrected chi connectivity index (χ2v) is 6.89. The Hall–Kier alpha value is -2.54. The van der Waals surface area contributed by atoms with Gasteiger partial charge in [-0.1, -0.05) is 6.42 Å². The number of anilines is 1. The molecule has 1 aliphatic rings. The van der Waals surface area contributed by atoms with Crippen LogP contribution in [-0.2, 0) is 0 Å². The lowest BCUT2D eigenvalue weighted by atomic mass is 10.1. The second kappa shape index (κ2) is 11.6. The Morgan fingerprint density at radius 2 is 1.67 bits per heavy atom. The molecule has 0 spiro atoms. The summed E-state index contributed by atoms with van der Waals surface area (Å²) in [5.74, 6) is 2.97. The quantitative estimate of drug-likeness (QED) is 0.528. The molecule has 7 heteroatoms. The minimum Gasteiger partial charge on any atom is -0.497 e. The summed E-state index contributed by atoms with van der Waals surface area (Å²) in [4.78, 5) is 19.8. The van der Waals surface area contributed by atoms with E-state index in [0.29, 0.717) is 17.1 Å². The second-order valence-electron chi connectivity index (χ2n) is 6.89. The summed E-state index contributed by atoms with van der Waals surface area (Å²) in [5.41, 5.74) is 1.51. The van der Waals surface area contributed by atoms with E-state index in [1.54, 1.807) is 45.6 Å². The van der Waals surface area contributed by atoms with Crippen LogP contribution in [0.5, 0.6) is 17.2 Å². The summed E-state index contributed by atoms with van der Waals surface area (Å²) >= 11 is 0. The number of amidine groups is 1. The van der Waals surface area contributed by atoms with Gasteiger partial charge in [0.2, 0.25) is 0 Å². The zero-order valence-corrected chi connectivity index (χ0v) is 19.4. The molecule has 30 heavy (non-hydrogen) atoms. The predicted octanol–water partition coefficient (Wildman–Crippen LogP) is 4.95. The van der Waals surface area contributed by atoms with Gasteiger partial charge in [0.1, 0.15) is 11.6 Å². The number of Topliss-reactive ketones (excluding diaryl/α,β-unsaturated/α-hetero) is 1. The fourth-order valence-corrected chi connectivity index (χ4v) is 3.42. The molecule has 1 aliphatic heterocycles. The van der Waals surface area contributed by atoms with Gasteiger partial charge in [-0.25, -0.2) is 0 Å². The molecule has 0 bridgehead atoms. The summed E-state index contributed by atoms with van der Waals surface area (Å²) in [6.07, 6.45) is 4.15. The first-order chi connectivity index (χ1) is 14.2. The first kappa shape index (κ1) is 23.7. The molecule has 0 fully saturated rings. The van der Waals surface area contributed by atoms with E-state index in [4.69, 9.17) is 19.2 Å². The molecule has 0 atom stereocenters. The fourth-order valence-electron chi connectivity index (χ4n) is 3.42. The number of rotatable bonds is 7. The average Bonchev–Trinajstić information content (AvgIpc) is 3.06. The van der Waals surface area contributed by atoms with Crippen LogP contribution in [0.2, 0.25) is 0 Å². The van der Waals surface area contributed by atoms with Gasteiger partial charge in [-0.05, 0) is 49.2 Å². The van der Waals surface area contributed by atoms with Crippen molar-refractivity contribution in [3.05, 3.63) is 48.0 Å². The van der Waals surface area contributed by atoms with Crippen LogP contribution >= 0.6 is 17.0 Å². The highest BCUT2D eigenvalue weighted by atomic mass is 79.9. The number of hydrogen-bond donors (Lipinski definition) is 0. The molecule has 2 aromatic carbocycles. The lowest BCUT2D eigenvalue weighted by molar-refractivity contribution is 0.100. The van der Waals surface area contributed by atoms with Gasteiger partial charge in [0, 0.05) is 30.3 Å². The van der Waals surface area contributed by atoms with Crippen LogP contribution in [0.3, 0.4) is 0 Å². The highest BCUT2D eigenvalue weighted by molar-refractivity contribution is 8.93. The number of aliphatic imine (C=N–C) groups is 1. The number of carbonyl (C=O) groups is 1. The molecule has 2 aromatic rings. The van der Waals surface area contributed by atoms with Gasteiger partial charge in [0.25, 0.3) is 0 Å². The van der Waals surface area contributed by atoms with Crippen molar-refractivity contribution < 1.29 is 19.0 Å². The molecule has 0 radical (unpaired) electrons. The number of nitrogens with zero attached hydrogens (tertiary/aromatic N) is 2. The molecule has 0 saturated carbocycles. The SMILES string of the molecule is Br.COc1ccc(C(=O)CN(C2=NCCCCC2)c2ccc(OC)c(OC)c2)cc1. The standard InChI is InChI=1S/C23H28N2O4.BrH/c1-27-19-11-8-17(9-12-19)20(26)16-25(23-7-5-4-6-14-24-23)18-10-13-21(28-2)22(15-18)29-3;/h8-13,15H,4-7,14,16H2,1-3H3;1H. The average molecular weight is 477 g/mol. The first-order valence-electron chi connectivity index (χ1n) is 9.86. The van der Waals surface area contributed by atoms with Crippen molar-refractivity contribution in [2.24, 2.45) is 4.99 Å². The highest BCUT2D eigenvalue weighted by Gasteiger charge is 2.21. The zero-order chi connectivity index (χ0) is 20.6. The van der Waals surface area contributed by atoms with E-state index in [1.807, 2.05) is 23.1 Å². The van der Waals surface area contributed by atoms with E-state index >= 15 is 0 Å². The van der Waals surface area contributed by atoms with Gasteiger partial charge in [-0.15, -0.1) is 17.0 Å². The third kappa shape index (κ3) is 5.75. The third-order valence-corrected chi connectivity index (χ3v) is 5.06. The molecular formula is C23H29BrN2O4. The van der Waals surface area contributed by atoms with E-state index in [1.165, 1.54) is 0 Å². The molecule has 0 saturated heterocycles. The van der Waals surface area contributed by atoms with Crippen molar-refractivity contribution in [2.45, 2.75) is 25.7 Å².